The Kier molecular flexibility index (Phi) is 5.56. The van der Waals surface area contributed by atoms with Gasteiger partial charge < -0.3 is 9.73 Å². The van der Waals surface area contributed by atoms with Crippen LogP contribution >= 0.6 is 0 Å². The molecule has 34 heavy (non-hydrogen) atoms. The third kappa shape index (κ3) is 4.19. The molecule has 0 spiro atoms. The molecule has 0 aliphatic carbocycles. The summed E-state index contributed by atoms with van der Waals surface area (Å²) in [7, 11) is 0. The fourth-order valence-corrected chi connectivity index (χ4v) is 3.38. The molecule has 4 aromatic rings. The van der Waals surface area contributed by atoms with Gasteiger partial charge in [-0.05, 0) is 18.2 Å². The first kappa shape index (κ1) is 22.9. The van der Waals surface area contributed by atoms with Crippen LogP contribution in [0.4, 0.5) is 26.3 Å². The lowest BCUT2D eigenvalue weighted by Crippen LogP contribution is -2.31. The number of nitrogens with one attached hydrogen (secondary N) is 1. The zero-order valence-corrected chi connectivity index (χ0v) is 16.8. The van der Waals surface area contributed by atoms with Crippen molar-refractivity contribution < 1.29 is 35.6 Å². The van der Waals surface area contributed by atoms with Gasteiger partial charge in [0, 0.05) is 11.8 Å². The average molecular weight is 478 g/mol. The van der Waals surface area contributed by atoms with E-state index in [-0.39, 0.29) is 17.5 Å². The molecule has 0 aliphatic rings. The number of hydrogen-bond acceptors (Lipinski definition) is 4. The molecule has 4 rings (SSSR count). The predicted molar refractivity (Wildman–Crippen MR) is 105 cm³/mol. The monoisotopic (exact) mass is 478 g/mol. The molecule has 0 saturated carbocycles. The third-order valence-electron chi connectivity index (χ3n) is 4.86. The van der Waals surface area contributed by atoms with Crippen molar-refractivity contribution in [3.8, 4) is 17.3 Å². The van der Waals surface area contributed by atoms with Crippen LogP contribution in [-0.4, -0.2) is 15.3 Å². The Labute approximate surface area is 187 Å². The number of furan rings is 1. The van der Waals surface area contributed by atoms with E-state index >= 15 is 0 Å². The van der Waals surface area contributed by atoms with Gasteiger partial charge >= 0.3 is 12.4 Å². The van der Waals surface area contributed by atoms with Gasteiger partial charge in [-0.15, -0.1) is 0 Å². The van der Waals surface area contributed by atoms with Gasteiger partial charge in [0.1, 0.15) is 11.5 Å². The summed E-state index contributed by atoms with van der Waals surface area (Å²) < 4.78 is 88.1. The van der Waals surface area contributed by atoms with Gasteiger partial charge in [-0.25, -0.2) is 4.98 Å². The van der Waals surface area contributed by atoms with E-state index in [1.165, 1.54) is 30.5 Å². The van der Waals surface area contributed by atoms with Gasteiger partial charge in [0.25, 0.3) is 5.91 Å². The first-order valence-corrected chi connectivity index (χ1v) is 9.50. The van der Waals surface area contributed by atoms with Crippen molar-refractivity contribution in [2.75, 3.05) is 0 Å². The molecule has 3 heterocycles. The molecule has 1 aromatic carbocycles. The number of hydrogen-bond donors (Lipinski definition) is 1. The van der Waals surface area contributed by atoms with Gasteiger partial charge in [-0.3, -0.25) is 9.20 Å². The number of amides is 1. The minimum absolute atomic E-state index is 0.0688. The van der Waals surface area contributed by atoms with E-state index < -0.39 is 46.8 Å². The summed E-state index contributed by atoms with van der Waals surface area (Å²) in [4.78, 5) is 16.9. The molecular formula is C22H12F6N4O2. The number of nitriles is 1. The van der Waals surface area contributed by atoms with Crippen molar-refractivity contribution >= 4 is 11.6 Å². The Morgan fingerprint density at radius 3 is 2.32 bits per heavy atom. The first-order chi connectivity index (χ1) is 16.0. The van der Waals surface area contributed by atoms with Crippen molar-refractivity contribution in [1.29, 1.82) is 5.26 Å². The van der Waals surface area contributed by atoms with Crippen LogP contribution in [0, 0.1) is 11.3 Å². The Bertz CT molecular complexity index is 1380. The van der Waals surface area contributed by atoms with E-state index in [0.717, 1.165) is 6.20 Å². The quantitative estimate of drug-likeness (QED) is 0.386. The Morgan fingerprint density at radius 1 is 1.06 bits per heavy atom. The van der Waals surface area contributed by atoms with Gasteiger partial charge in [0.15, 0.2) is 11.7 Å². The number of halogens is 6. The van der Waals surface area contributed by atoms with E-state index in [9.17, 15) is 36.4 Å². The number of alkyl halides is 6. The molecule has 6 nitrogen and oxygen atoms in total. The summed E-state index contributed by atoms with van der Waals surface area (Å²) in [6.07, 6.45) is -8.44. The van der Waals surface area contributed by atoms with Crippen LogP contribution in [0.5, 0.6) is 0 Å². The highest BCUT2D eigenvalue weighted by atomic mass is 19.4. The summed E-state index contributed by atoms with van der Waals surface area (Å²) in [5.41, 5.74) is -5.29. The van der Waals surface area contributed by atoms with Crippen LogP contribution < -0.4 is 5.32 Å². The fourth-order valence-electron chi connectivity index (χ4n) is 3.38. The largest absolute Gasteiger partial charge is 0.466 e. The third-order valence-corrected chi connectivity index (χ3v) is 4.86. The molecule has 1 N–H and O–H groups in total. The lowest BCUT2D eigenvalue weighted by Gasteiger charge is -2.18. The second-order valence-corrected chi connectivity index (χ2v) is 7.05. The van der Waals surface area contributed by atoms with Gasteiger partial charge in [0.2, 0.25) is 0 Å². The summed E-state index contributed by atoms with van der Waals surface area (Å²) >= 11 is 0. The number of imidazole rings is 1. The fraction of sp³-hybridized carbons (Fsp3) is 0.136. The van der Waals surface area contributed by atoms with Crippen LogP contribution in [0.2, 0.25) is 0 Å². The summed E-state index contributed by atoms with van der Waals surface area (Å²) in [6.45, 7) is 0. The zero-order valence-electron chi connectivity index (χ0n) is 16.8. The lowest BCUT2D eigenvalue weighted by atomic mass is 10.1. The van der Waals surface area contributed by atoms with Crippen LogP contribution in [0.25, 0.3) is 16.9 Å². The topological polar surface area (TPSA) is 83.3 Å². The molecule has 3 aromatic heterocycles. The number of rotatable bonds is 4. The number of carbonyl (C=O) groups is 1. The van der Waals surface area contributed by atoms with Crippen molar-refractivity contribution in [3.63, 3.8) is 0 Å². The maximum Gasteiger partial charge on any atom is 0.431 e. The molecule has 0 saturated heterocycles. The van der Waals surface area contributed by atoms with Crippen LogP contribution in [0.1, 0.15) is 33.4 Å². The smallest absolute Gasteiger partial charge is 0.431 e. The second kappa shape index (κ2) is 8.26. The van der Waals surface area contributed by atoms with Crippen LogP contribution in [0.3, 0.4) is 0 Å². The van der Waals surface area contributed by atoms with Gasteiger partial charge in [-0.2, -0.15) is 31.6 Å². The van der Waals surface area contributed by atoms with Crippen molar-refractivity contribution in [2.45, 2.75) is 18.4 Å². The molecule has 0 radical (unpaired) electrons. The maximum atomic E-state index is 13.9. The number of nitrogens with zero attached hydrogens (tertiary/aromatic N) is 3. The minimum atomic E-state index is -5.33. The Morgan fingerprint density at radius 2 is 1.76 bits per heavy atom. The van der Waals surface area contributed by atoms with E-state index in [2.05, 4.69) is 10.3 Å². The van der Waals surface area contributed by atoms with E-state index in [1.54, 1.807) is 24.3 Å². The van der Waals surface area contributed by atoms with Crippen molar-refractivity contribution in [2.24, 2.45) is 0 Å². The van der Waals surface area contributed by atoms with Crippen molar-refractivity contribution in [1.82, 2.24) is 14.7 Å². The first-order valence-electron chi connectivity index (χ1n) is 9.50. The number of carbonyl (C=O) groups excluding carboxylic acids is 1. The van der Waals surface area contributed by atoms with Crippen LogP contribution in [-0.2, 0) is 12.4 Å². The molecule has 1 atom stereocenters. The molecule has 0 aliphatic heterocycles. The summed E-state index contributed by atoms with van der Waals surface area (Å²) in [5.74, 6) is -1.51. The van der Waals surface area contributed by atoms with Crippen molar-refractivity contribution in [3.05, 3.63) is 83.6 Å². The standard InChI is InChI=1S/C22H12F6N4O2/c23-21(24,25)13-9-17(22(26,27)28)32-11-15(12-5-2-1-3-6-12)30-19(32)18(13)20(33)31-14(10-29)16-7-4-8-34-16/h1-9,11,14H,(H,31,33). The lowest BCUT2D eigenvalue weighted by molar-refractivity contribution is -0.146. The maximum absolute atomic E-state index is 13.9. The normalized spacial score (nSPS) is 13.0. The molecular weight excluding hydrogens is 466 g/mol. The van der Waals surface area contributed by atoms with E-state index in [1.807, 2.05) is 0 Å². The molecule has 0 bridgehead atoms. The highest BCUT2D eigenvalue weighted by molar-refractivity contribution is 6.02. The Balaban J connectivity index is 1.98. The number of benzene rings is 1. The number of fused-ring (bicyclic) bond motifs is 1. The molecule has 1 unspecified atom stereocenters. The second-order valence-electron chi connectivity index (χ2n) is 7.05. The molecule has 12 heteroatoms. The number of pyridine rings is 1. The molecule has 1 amide bonds. The van der Waals surface area contributed by atoms with Gasteiger partial charge in [-0.1, -0.05) is 30.3 Å². The predicted octanol–water partition coefficient (Wildman–Crippen LogP) is 5.63. The molecule has 0 fully saturated rings. The zero-order chi connectivity index (χ0) is 24.7. The van der Waals surface area contributed by atoms with Gasteiger partial charge in [0.05, 0.1) is 29.2 Å². The Hall–Kier alpha value is -4.27. The average Bonchev–Trinajstić information content (AvgIpc) is 3.45. The van der Waals surface area contributed by atoms with Crippen LogP contribution in [0.15, 0.2) is 65.4 Å². The highest BCUT2D eigenvalue weighted by Gasteiger charge is 2.43. The minimum Gasteiger partial charge on any atom is -0.466 e. The van der Waals surface area contributed by atoms with E-state index in [4.69, 9.17) is 4.42 Å². The molecule has 174 valence electrons. The number of aromatic nitrogens is 2. The SMILES string of the molecule is N#CC(NC(=O)c1c(C(F)(F)F)cc(C(F)(F)F)n2cc(-c3ccccc3)nc12)c1ccco1. The highest BCUT2D eigenvalue weighted by Crippen LogP contribution is 2.40. The summed E-state index contributed by atoms with van der Waals surface area (Å²) in [6, 6.07) is 10.5. The summed E-state index contributed by atoms with van der Waals surface area (Å²) in [5, 5.41) is 11.4. The van der Waals surface area contributed by atoms with E-state index in [0.29, 0.717) is 9.96 Å².